The minimum atomic E-state index is -1.51. The van der Waals surface area contributed by atoms with Crippen LogP contribution in [-0.2, 0) is 9.53 Å². The Bertz CT molecular complexity index is 533. The number of ether oxygens (including phenoxy) is 1. The number of esters is 1. The van der Waals surface area contributed by atoms with Crippen molar-refractivity contribution >= 4 is 17.5 Å². The molecule has 0 bridgehead atoms. The average Bonchev–Trinajstić information content (AvgIpc) is 2.37. The van der Waals surface area contributed by atoms with Crippen LogP contribution < -0.4 is 5.73 Å². The number of anilines is 1. The van der Waals surface area contributed by atoms with Crippen molar-refractivity contribution in [2.24, 2.45) is 0 Å². The number of aliphatic hydroxyl groups is 2. The molecule has 1 aromatic rings. The van der Waals surface area contributed by atoms with E-state index in [9.17, 15) is 25.1 Å². The zero-order valence-corrected chi connectivity index (χ0v) is 10.9. The summed E-state index contributed by atoms with van der Waals surface area (Å²) < 4.78 is 4.36. The normalized spacial score (nSPS) is 13.6. The third kappa shape index (κ3) is 3.19. The van der Waals surface area contributed by atoms with E-state index in [1.807, 2.05) is 0 Å². The second-order valence-electron chi connectivity index (χ2n) is 4.12. The van der Waals surface area contributed by atoms with Crippen molar-refractivity contribution in [1.82, 2.24) is 4.98 Å². The van der Waals surface area contributed by atoms with Gasteiger partial charge in [0.1, 0.15) is 6.10 Å². The number of hydrogen-bond donors (Lipinski definition) is 3. The van der Waals surface area contributed by atoms with Crippen LogP contribution in [-0.4, -0.2) is 39.3 Å². The Morgan fingerprint density at radius 3 is 2.70 bits per heavy atom. The van der Waals surface area contributed by atoms with Gasteiger partial charge < -0.3 is 20.7 Å². The number of nitrogens with two attached hydrogens (primary N) is 1. The summed E-state index contributed by atoms with van der Waals surface area (Å²) in [5.41, 5.74) is 5.07. The van der Waals surface area contributed by atoms with E-state index in [-0.39, 0.29) is 16.9 Å². The first kappa shape index (κ1) is 15.8. The number of nitro groups is 1. The minimum Gasteiger partial charge on any atom is -0.469 e. The van der Waals surface area contributed by atoms with Crippen LogP contribution in [0.25, 0.3) is 0 Å². The van der Waals surface area contributed by atoms with Crippen molar-refractivity contribution in [3.05, 3.63) is 27.4 Å². The molecule has 20 heavy (non-hydrogen) atoms. The highest BCUT2D eigenvalue weighted by atomic mass is 16.6. The Kier molecular flexibility index (Phi) is 4.94. The van der Waals surface area contributed by atoms with Crippen LogP contribution in [0.15, 0.2) is 6.20 Å². The molecule has 0 saturated carbocycles. The average molecular weight is 285 g/mol. The summed E-state index contributed by atoms with van der Waals surface area (Å²) in [5, 5.41) is 30.5. The molecular weight excluding hydrogens is 270 g/mol. The number of nitrogens with zero attached hydrogens (tertiary/aromatic N) is 2. The quantitative estimate of drug-likeness (QED) is 0.383. The maximum absolute atomic E-state index is 11.0. The predicted molar refractivity (Wildman–Crippen MR) is 67.6 cm³/mol. The molecule has 0 saturated heterocycles. The van der Waals surface area contributed by atoms with Crippen LogP contribution in [0.3, 0.4) is 0 Å². The topological polar surface area (TPSA) is 149 Å². The first-order valence-corrected chi connectivity index (χ1v) is 5.61. The van der Waals surface area contributed by atoms with E-state index in [2.05, 4.69) is 9.72 Å². The Morgan fingerprint density at radius 1 is 1.60 bits per heavy atom. The molecule has 110 valence electrons. The van der Waals surface area contributed by atoms with Crippen molar-refractivity contribution in [3.8, 4) is 0 Å². The first-order chi connectivity index (χ1) is 9.29. The SMILES string of the molecule is COC(=O)CC(O)C(O)c1cnc(N)c([N+](=O)[O-])c1C. The molecule has 1 rings (SSSR count). The molecule has 2 atom stereocenters. The lowest BCUT2D eigenvalue weighted by atomic mass is 9.98. The molecule has 1 aromatic heterocycles. The Morgan fingerprint density at radius 2 is 2.20 bits per heavy atom. The standard InChI is InChI=1S/C11H15N3O6/c1-5-6(4-13-11(12)9(5)14(18)19)10(17)7(15)3-8(16)20-2/h4,7,10,15,17H,3H2,1-2H3,(H2,12,13). The minimum absolute atomic E-state index is 0.0299. The van der Waals surface area contributed by atoms with Gasteiger partial charge in [0.05, 0.1) is 24.6 Å². The number of pyridine rings is 1. The lowest BCUT2D eigenvalue weighted by Gasteiger charge is -2.18. The van der Waals surface area contributed by atoms with Gasteiger partial charge in [-0.05, 0) is 6.92 Å². The Balaban J connectivity index is 3.11. The number of rotatable bonds is 5. The molecule has 0 spiro atoms. The monoisotopic (exact) mass is 285 g/mol. The van der Waals surface area contributed by atoms with Gasteiger partial charge >= 0.3 is 11.7 Å². The molecule has 0 aliphatic rings. The number of carbonyl (C=O) groups is 1. The molecule has 9 heteroatoms. The van der Waals surface area contributed by atoms with Crippen LogP contribution in [0.2, 0.25) is 0 Å². The van der Waals surface area contributed by atoms with E-state index in [0.717, 1.165) is 13.3 Å². The van der Waals surface area contributed by atoms with Gasteiger partial charge in [-0.1, -0.05) is 0 Å². The molecule has 0 fully saturated rings. The van der Waals surface area contributed by atoms with Crippen LogP contribution in [0.4, 0.5) is 11.5 Å². The highest BCUT2D eigenvalue weighted by Gasteiger charge is 2.28. The highest BCUT2D eigenvalue weighted by molar-refractivity contribution is 5.70. The second-order valence-corrected chi connectivity index (χ2v) is 4.12. The number of aromatic nitrogens is 1. The molecule has 4 N–H and O–H groups in total. The summed E-state index contributed by atoms with van der Waals surface area (Å²) in [6.45, 7) is 1.37. The summed E-state index contributed by atoms with van der Waals surface area (Å²) in [6.07, 6.45) is -2.30. The number of hydrogen-bond acceptors (Lipinski definition) is 8. The zero-order valence-electron chi connectivity index (χ0n) is 10.9. The summed E-state index contributed by atoms with van der Waals surface area (Å²) in [5.74, 6) is -1.00. The largest absolute Gasteiger partial charge is 0.469 e. The van der Waals surface area contributed by atoms with Crippen molar-refractivity contribution in [2.75, 3.05) is 12.8 Å². The summed E-state index contributed by atoms with van der Waals surface area (Å²) >= 11 is 0. The highest BCUT2D eigenvalue weighted by Crippen LogP contribution is 2.31. The molecule has 0 amide bonds. The lowest BCUT2D eigenvalue weighted by molar-refractivity contribution is -0.384. The van der Waals surface area contributed by atoms with Crippen molar-refractivity contribution in [3.63, 3.8) is 0 Å². The van der Waals surface area contributed by atoms with E-state index in [0.29, 0.717) is 0 Å². The van der Waals surface area contributed by atoms with Gasteiger partial charge in [-0.15, -0.1) is 0 Å². The molecule has 0 aliphatic carbocycles. The number of carbonyl (C=O) groups excluding carboxylic acids is 1. The number of nitrogen functional groups attached to an aromatic ring is 1. The molecule has 1 heterocycles. The first-order valence-electron chi connectivity index (χ1n) is 5.61. The number of methoxy groups -OCH3 is 1. The molecule has 0 aromatic carbocycles. The van der Waals surface area contributed by atoms with Crippen LogP contribution in [0, 0.1) is 17.0 Å². The number of aliphatic hydroxyl groups excluding tert-OH is 2. The van der Waals surface area contributed by atoms with Gasteiger partial charge in [-0.3, -0.25) is 14.9 Å². The predicted octanol–water partition coefficient (Wildman–Crippen LogP) is -0.162. The maximum Gasteiger partial charge on any atom is 0.314 e. The third-order valence-corrected chi connectivity index (χ3v) is 2.84. The van der Waals surface area contributed by atoms with Crippen molar-refractivity contribution in [2.45, 2.75) is 25.6 Å². The van der Waals surface area contributed by atoms with E-state index in [1.54, 1.807) is 0 Å². The van der Waals surface area contributed by atoms with Crippen molar-refractivity contribution in [1.29, 1.82) is 0 Å². The van der Waals surface area contributed by atoms with Crippen LogP contribution >= 0.6 is 0 Å². The summed E-state index contributed by atoms with van der Waals surface area (Å²) in [6, 6.07) is 0. The fraction of sp³-hybridized carbons (Fsp3) is 0.455. The van der Waals surface area contributed by atoms with E-state index >= 15 is 0 Å². The molecule has 0 aliphatic heterocycles. The lowest BCUT2D eigenvalue weighted by Crippen LogP contribution is -2.23. The zero-order chi connectivity index (χ0) is 15.4. The molecular formula is C11H15N3O6. The summed E-state index contributed by atoms with van der Waals surface area (Å²) in [7, 11) is 1.14. The van der Waals surface area contributed by atoms with Crippen LogP contribution in [0.5, 0.6) is 0 Å². The fourth-order valence-electron chi connectivity index (χ4n) is 1.73. The summed E-state index contributed by atoms with van der Waals surface area (Å²) in [4.78, 5) is 24.8. The third-order valence-electron chi connectivity index (χ3n) is 2.84. The van der Waals surface area contributed by atoms with E-state index in [1.165, 1.54) is 6.92 Å². The second kappa shape index (κ2) is 6.26. The maximum atomic E-state index is 11.0. The molecule has 2 unspecified atom stereocenters. The van der Waals surface area contributed by atoms with Gasteiger partial charge in [0.2, 0.25) is 5.82 Å². The van der Waals surface area contributed by atoms with Gasteiger partial charge in [0, 0.05) is 17.3 Å². The van der Waals surface area contributed by atoms with Gasteiger partial charge in [0.15, 0.2) is 0 Å². The van der Waals surface area contributed by atoms with Crippen molar-refractivity contribution < 1.29 is 24.7 Å². The van der Waals surface area contributed by atoms with E-state index in [4.69, 9.17) is 5.73 Å². The van der Waals surface area contributed by atoms with Gasteiger partial charge in [-0.25, -0.2) is 4.98 Å². The van der Waals surface area contributed by atoms with E-state index < -0.39 is 35.2 Å². The molecule has 9 nitrogen and oxygen atoms in total. The van der Waals surface area contributed by atoms with Crippen LogP contribution in [0.1, 0.15) is 23.7 Å². The van der Waals surface area contributed by atoms with Gasteiger partial charge in [0.25, 0.3) is 0 Å². The fourth-order valence-corrected chi connectivity index (χ4v) is 1.73. The Hall–Kier alpha value is -2.26. The Labute approximate surface area is 114 Å². The van der Waals surface area contributed by atoms with Gasteiger partial charge in [-0.2, -0.15) is 0 Å². The molecule has 0 radical (unpaired) electrons. The smallest absolute Gasteiger partial charge is 0.314 e.